The van der Waals surface area contributed by atoms with Crippen molar-refractivity contribution in [3.8, 4) is 17.0 Å². The standard InChI is InChI=1S/C27H21F2N3O7/c1-3-37-26(35)31-20-12-24(39-25(34)15-6-5-9-30-14-15)19(29)11-18(20)22-13-23(33)17-8-7-16(28)10-21(17)32(22)27(36)38-4-2/h5-14H,3-4H2,1-2H3,(H,31,35). The minimum Gasteiger partial charge on any atom is -0.450 e. The molecule has 39 heavy (non-hydrogen) atoms. The van der Waals surface area contributed by atoms with Crippen molar-refractivity contribution in [2.75, 3.05) is 18.5 Å². The van der Waals surface area contributed by atoms with E-state index in [0.29, 0.717) is 0 Å². The van der Waals surface area contributed by atoms with E-state index in [1.165, 1.54) is 30.6 Å². The first-order valence-corrected chi connectivity index (χ1v) is 11.7. The summed E-state index contributed by atoms with van der Waals surface area (Å²) in [7, 11) is 0. The van der Waals surface area contributed by atoms with Gasteiger partial charge in [0, 0.05) is 35.5 Å². The van der Waals surface area contributed by atoms with Gasteiger partial charge in [-0.15, -0.1) is 0 Å². The van der Waals surface area contributed by atoms with Crippen LogP contribution in [0.3, 0.4) is 0 Å². The van der Waals surface area contributed by atoms with E-state index in [4.69, 9.17) is 14.2 Å². The van der Waals surface area contributed by atoms with Crippen molar-refractivity contribution in [3.63, 3.8) is 0 Å². The van der Waals surface area contributed by atoms with Crippen molar-refractivity contribution in [1.82, 2.24) is 9.55 Å². The number of hydrogen-bond donors (Lipinski definition) is 1. The molecule has 0 spiro atoms. The Morgan fingerprint density at radius 2 is 1.77 bits per heavy atom. The summed E-state index contributed by atoms with van der Waals surface area (Å²) in [5.74, 6) is -3.32. The van der Waals surface area contributed by atoms with E-state index in [9.17, 15) is 23.6 Å². The number of pyridine rings is 2. The number of anilines is 1. The van der Waals surface area contributed by atoms with E-state index >= 15 is 4.39 Å². The highest BCUT2D eigenvalue weighted by atomic mass is 19.1. The van der Waals surface area contributed by atoms with Crippen LogP contribution in [0.15, 0.2) is 65.7 Å². The molecule has 1 amide bonds. The third kappa shape index (κ3) is 5.74. The number of halogens is 2. The van der Waals surface area contributed by atoms with Crippen LogP contribution in [0.25, 0.3) is 22.2 Å². The number of fused-ring (bicyclic) bond motifs is 1. The first kappa shape index (κ1) is 26.9. The second-order valence-corrected chi connectivity index (χ2v) is 7.89. The van der Waals surface area contributed by atoms with Gasteiger partial charge in [0.25, 0.3) is 0 Å². The number of nitrogens with zero attached hydrogens (tertiary/aromatic N) is 2. The summed E-state index contributed by atoms with van der Waals surface area (Å²) in [5, 5.41) is 2.39. The summed E-state index contributed by atoms with van der Waals surface area (Å²) in [6, 6.07) is 8.96. The van der Waals surface area contributed by atoms with Crippen molar-refractivity contribution in [2.24, 2.45) is 0 Å². The van der Waals surface area contributed by atoms with E-state index in [-0.39, 0.29) is 46.6 Å². The molecule has 0 saturated heterocycles. The molecule has 0 unspecified atom stereocenters. The largest absolute Gasteiger partial charge is 0.450 e. The van der Waals surface area contributed by atoms with Crippen LogP contribution in [0, 0.1) is 11.6 Å². The van der Waals surface area contributed by atoms with E-state index in [2.05, 4.69) is 10.3 Å². The average molecular weight is 537 g/mol. The van der Waals surface area contributed by atoms with Crippen molar-refractivity contribution in [1.29, 1.82) is 0 Å². The van der Waals surface area contributed by atoms with Gasteiger partial charge in [-0.25, -0.2) is 27.7 Å². The van der Waals surface area contributed by atoms with Gasteiger partial charge < -0.3 is 14.2 Å². The van der Waals surface area contributed by atoms with Gasteiger partial charge in [-0.3, -0.25) is 15.1 Å². The predicted octanol–water partition coefficient (Wildman–Crippen LogP) is 5.13. The van der Waals surface area contributed by atoms with Crippen LogP contribution < -0.4 is 15.5 Å². The Hall–Kier alpha value is -5.13. The number of carbonyl (C=O) groups is 3. The zero-order chi connectivity index (χ0) is 28.1. The highest BCUT2D eigenvalue weighted by Crippen LogP contribution is 2.35. The smallest absolute Gasteiger partial charge is 0.418 e. The Labute approximate surface area is 219 Å². The van der Waals surface area contributed by atoms with E-state index in [1.54, 1.807) is 13.8 Å². The molecular formula is C27H21F2N3O7. The second-order valence-electron chi connectivity index (χ2n) is 7.89. The first-order chi connectivity index (χ1) is 18.7. The van der Waals surface area contributed by atoms with Crippen molar-refractivity contribution < 1.29 is 37.4 Å². The van der Waals surface area contributed by atoms with Crippen LogP contribution in [0.2, 0.25) is 0 Å². The molecular weight excluding hydrogens is 516 g/mol. The number of amides is 1. The summed E-state index contributed by atoms with van der Waals surface area (Å²) in [4.78, 5) is 54.6. The lowest BCUT2D eigenvalue weighted by atomic mass is 10.0. The molecule has 0 radical (unpaired) electrons. The summed E-state index contributed by atoms with van der Waals surface area (Å²) in [6.07, 6.45) is 0.717. The highest BCUT2D eigenvalue weighted by molar-refractivity contribution is 5.98. The van der Waals surface area contributed by atoms with Gasteiger partial charge in [0.05, 0.1) is 35.7 Å². The van der Waals surface area contributed by atoms with Crippen molar-refractivity contribution in [2.45, 2.75) is 13.8 Å². The predicted molar refractivity (Wildman–Crippen MR) is 136 cm³/mol. The molecule has 12 heteroatoms. The fraction of sp³-hybridized carbons (Fsp3) is 0.148. The lowest BCUT2D eigenvalue weighted by Gasteiger charge is -2.19. The molecule has 10 nitrogen and oxygen atoms in total. The Balaban J connectivity index is 1.95. The molecule has 2 aromatic heterocycles. The van der Waals surface area contributed by atoms with Crippen LogP contribution in [-0.2, 0) is 9.47 Å². The lowest BCUT2D eigenvalue weighted by Crippen LogP contribution is -2.21. The van der Waals surface area contributed by atoms with Crippen LogP contribution in [0.5, 0.6) is 5.75 Å². The molecule has 2 aromatic carbocycles. The number of carbonyl (C=O) groups excluding carboxylic acids is 3. The molecule has 1 N–H and O–H groups in total. The second kappa shape index (κ2) is 11.5. The summed E-state index contributed by atoms with van der Waals surface area (Å²) in [5.41, 5.74) is -1.32. The molecule has 0 saturated carbocycles. The molecule has 0 aliphatic carbocycles. The van der Waals surface area contributed by atoms with Crippen LogP contribution in [-0.4, -0.2) is 40.9 Å². The number of benzene rings is 2. The minimum atomic E-state index is -1.07. The van der Waals surface area contributed by atoms with Crippen LogP contribution in [0.4, 0.5) is 24.1 Å². The summed E-state index contributed by atoms with van der Waals surface area (Å²) < 4.78 is 45.6. The number of aromatic nitrogens is 2. The minimum absolute atomic E-state index is 0.00408. The number of nitrogens with one attached hydrogen (secondary N) is 1. The average Bonchev–Trinajstić information content (AvgIpc) is 2.90. The maximum atomic E-state index is 15.3. The van der Waals surface area contributed by atoms with Gasteiger partial charge in [-0.1, -0.05) is 0 Å². The molecule has 0 atom stereocenters. The number of ether oxygens (including phenoxy) is 3. The van der Waals surface area contributed by atoms with Gasteiger partial charge in [0.2, 0.25) is 0 Å². The zero-order valence-corrected chi connectivity index (χ0v) is 20.7. The quantitative estimate of drug-likeness (QED) is 0.265. The Bertz CT molecular complexity index is 1640. The fourth-order valence-electron chi connectivity index (χ4n) is 3.74. The number of rotatable bonds is 6. The van der Waals surface area contributed by atoms with Crippen LogP contribution >= 0.6 is 0 Å². The third-order valence-electron chi connectivity index (χ3n) is 5.39. The molecule has 0 bridgehead atoms. The Kier molecular flexibility index (Phi) is 7.94. The fourth-order valence-corrected chi connectivity index (χ4v) is 3.74. The Morgan fingerprint density at radius 3 is 2.46 bits per heavy atom. The number of esters is 1. The van der Waals surface area contributed by atoms with Crippen LogP contribution in [0.1, 0.15) is 24.2 Å². The van der Waals surface area contributed by atoms with E-state index < -0.39 is 41.0 Å². The van der Waals surface area contributed by atoms with E-state index in [0.717, 1.165) is 34.9 Å². The van der Waals surface area contributed by atoms with Gasteiger partial charge in [-0.05, 0) is 50.2 Å². The maximum absolute atomic E-state index is 15.3. The molecule has 200 valence electrons. The molecule has 4 aromatic rings. The van der Waals surface area contributed by atoms with Crippen molar-refractivity contribution >= 4 is 34.7 Å². The summed E-state index contributed by atoms with van der Waals surface area (Å²) in [6.45, 7) is 3.03. The Morgan fingerprint density at radius 1 is 1.00 bits per heavy atom. The highest BCUT2D eigenvalue weighted by Gasteiger charge is 2.24. The van der Waals surface area contributed by atoms with Gasteiger partial charge in [0.15, 0.2) is 17.0 Å². The summed E-state index contributed by atoms with van der Waals surface area (Å²) >= 11 is 0. The molecule has 2 heterocycles. The van der Waals surface area contributed by atoms with Crippen molar-refractivity contribution in [3.05, 3.63) is 88.3 Å². The molecule has 0 aliphatic rings. The van der Waals surface area contributed by atoms with Gasteiger partial charge >= 0.3 is 18.2 Å². The zero-order valence-electron chi connectivity index (χ0n) is 20.7. The molecule has 4 rings (SSSR count). The van der Waals surface area contributed by atoms with E-state index in [1.807, 2.05) is 0 Å². The maximum Gasteiger partial charge on any atom is 0.418 e. The SMILES string of the molecule is CCOC(=O)Nc1cc(OC(=O)c2cccnc2)c(F)cc1-c1cc(=O)c2ccc(F)cc2n1C(=O)OCC. The van der Waals surface area contributed by atoms with Gasteiger partial charge in [0.1, 0.15) is 5.82 Å². The molecule has 0 aliphatic heterocycles. The lowest BCUT2D eigenvalue weighted by molar-refractivity contribution is 0.0727. The van der Waals surface area contributed by atoms with Gasteiger partial charge in [-0.2, -0.15) is 0 Å². The first-order valence-electron chi connectivity index (χ1n) is 11.7. The third-order valence-corrected chi connectivity index (χ3v) is 5.39. The topological polar surface area (TPSA) is 126 Å². The molecule has 0 fully saturated rings. The normalized spacial score (nSPS) is 10.7. The number of hydrogen-bond acceptors (Lipinski definition) is 8. The monoisotopic (exact) mass is 537 g/mol.